The lowest BCUT2D eigenvalue weighted by Gasteiger charge is -2.20. The summed E-state index contributed by atoms with van der Waals surface area (Å²) in [6, 6.07) is 20.6. The van der Waals surface area contributed by atoms with Gasteiger partial charge in [0.05, 0.1) is 70.6 Å². The lowest BCUT2D eigenvalue weighted by atomic mass is 9.94. The predicted octanol–water partition coefficient (Wildman–Crippen LogP) is 11.6. The van der Waals surface area contributed by atoms with Crippen molar-refractivity contribution in [3.63, 3.8) is 0 Å². The number of unbranched alkanes of at least 4 members (excludes halogenated alkanes) is 7. The molecule has 10 aliphatic carbocycles. The van der Waals surface area contributed by atoms with E-state index >= 15 is 0 Å². The minimum atomic E-state index is 0.502. The van der Waals surface area contributed by atoms with Crippen molar-refractivity contribution in [3.05, 3.63) is 116 Å². The monoisotopic (exact) mass is 921 g/mol. The first-order chi connectivity index (χ1) is 32.7. The third kappa shape index (κ3) is 12.7. The Kier molecular flexibility index (Phi) is 19.0. The van der Waals surface area contributed by atoms with Crippen LogP contribution in [0.1, 0.15) is 114 Å². The highest BCUT2D eigenvalue weighted by Gasteiger charge is 2.23. The first-order valence-corrected chi connectivity index (χ1v) is 23.6. The van der Waals surface area contributed by atoms with Gasteiger partial charge < -0.3 is 52.1 Å². The maximum atomic E-state index is 6.75. The van der Waals surface area contributed by atoms with Gasteiger partial charge in [0.25, 0.3) is 0 Å². The van der Waals surface area contributed by atoms with E-state index in [0.717, 1.165) is 146 Å². The number of rotatable bonds is 22. The van der Waals surface area contributed by atoms with Gasteiger partial charge in [-0.05, 0) is 80.4 Å². The Morgan fingerprint density at radius 2 is 0.463 bits per heavy atom. The number of hydrogen-bond donors (Lipinski definition) is 0. The normalized spacial score (nSPS) is 12.1. The maximum Gasteiger partial charge on any atom is 0.123 e. The highest BCUT2D eigenvalue weighted by atomic mass is 16.5. The summed E-state index contributed by atoms with van der Waals surface area (Å²) < 4.78 is 67.0. The number of ether oxygens (including phenoxy) is 11. The summed E-state index contributed by atoms with van der Waals surface area (Å²) in [5.41, 5.74) is 9.44. The van der Waals surface area contributed by atoms with Crippen LogP contribution in [-0.2, 0) is 36.8 Å². The second kappa shape index (κ2) is 25.3. The molecule has 0 aromatic heterocycles. The molecular formula is C56H72O11. The van der Waals surface area contributed by atoms with Crippen LogP contribution in [0.4, 0.5) is 0 Å². The second-order valence-electron chi connectivity index (χ2n) is 16.9. The molecule has 362 valence electrons. The molecule has 5 aromatic rings. The molecule has 0 spiro atoms. The fourth-order valence-electron chi connectivity index (χ4n) is 9.17. The summed E-state index contributed by atoms with van der Waals surface area (Å²) in [5.74, 6) is 7.34. The largest absolute Gasteiger partial charge is 0.496 e. The van der Waals surface area contributed by atoms with Gasteiger partial charge in [-0.25, -0.2) is 0 Å². The van der Waals surface area contributed by atoms with E-state index in [9.17, 15) is 0 Å². The van der Waals surface area contributed by atoms with Crippen molar-refractivity contribution >= 4 is 0 Å². The molecule has 0 N–H and O–H groups in total. The molecule has 0 radical (unpaired) electrons. The highest BCUT2D eigenvalue weighted by Crippen LogP contribution is 2.42. The number of methoxy groups -OCH3 is 9. The molecular weight excluding hydrogens is 849 g/mol. The van der Waals surface area contributed by atoms with E-state index in [0.29, 0.717) is 38.7 Å². The van der Waals surface area contributed by atoms with Gasteiger partial charge in [-0.3, -0.25) is 0 Å². The zero-order valence-electron chi connectivity index (χ0n) is 41.6. The Morgan fingerprint density at radius 3 is 0.687 bits per heavy atom. The standard InChI is InChI=1S/C56H72O11/c1-11-66-20-18-16-14-12-13-15-17-19-21-67-56-36-45-25-43-33-51(61-6)41(31-52(43)62-7)23-39-29-47(57-2)37(27-48(39)58-3)22-38-28-50(60-5)40(30-49(38)59-4)24-42-32-54(64-9)44(34-53(42)63-8)26-46(56)35-55(45)65-10/h27-36H,11-26H2,1-10H3. The molecule has 0 unspecified atom stereocenters. The van der Waals surface area contributed by atoms with E-state index in [1.807, 2.05) is 24.3 Å². The Morgan fingerprint density at radius 1 is 0.269 bits per heavy atom. The van der Waals surface area contributed by atoms with Crippen molar-refractivity contribution in [2.75, 3.05) is 83.8 Å². The molecule has 11 nitrogen and oxygen atoms in total. The summed E-state index contributed by atoms with van der Waals surface area (Å²) in [4.78, 5) is 0. The van der Waals surface area contributed by atoms with Crippen molar-refractivity contribution in [1.29, 1.82) is 0 Å². The van der Waals surface area contributed by atoms with Gasteiger partial charge in [0.15, 0.2) is 0 Å². The fourth-order valence-corrected chi connectivity index (χ4v) is 9.17. The Hall–Kier alpha value is -5.94. The third-order valence-electron chi connectivity index (χ3n) is 12.7. The van der Waals surface area contributed by atoms with Gasteiger partial charge >= 0.3 is 0 Å². The molecule has 10 aliphatic rings. The van der Waals surface area contributed by atoms with Gasteiger partial charge in [0.2, 0.25) is 0 Å². The first-order valence-electron chi connectivity index (χ1n) is 23.6. The smallest absolute Gasteiger partial charge is 0.123 e. The molecule has 0 heterocycles. The summed E-state index contributed by atoms with van der Waals surface area (Å²) in [5, 5.41) is 0. The van der Waals surface area contributed by atoms with Gasteiger partial charge in [0, 0.05) is 101 Å². The van der Waals surface area contributed by atoms with E-state index in [1.54, 1.807) is 64.0 Å². The molecule has 0 saturated heterocycles. The number of benzene rings is 5. The van der Waals surface area contributed by atoms with E-state index in [-0.39, 0.29) is 0 Å². The maximum absolute atomic E-state index is 6.75. The lowest BCUT2D eigenvalue weighted by molar-refractivity contribution is 0.143. The van der Waals surface area contributed by atoms with Crippen molar-refractivity contribution in [1.82, 2.24) is 0 Å². The van der Waals surface area contributed by atoms with E-state index < -0.39 is 0 Å². The Bertz CT molecular complexity index is 2390. The topological polar surface area (TPSA) is 102 Å². The highest BCUT2D eigenvalue weighted by molar-refractivity contribution is 5.59. The number of hydrogen-bond acceptors (Lipinski definition) is 11. The third-order valence-corrected chi connectivity index (χ3v) is 12.7. The molecule has 0 saturated carbocycles. The van der Waals surface area contributed by atoms with E-state index in [2.05, 4.69) is 43.3 Å². The lowest BCUT2D eigenvalue weighted by Crippen LogP contribution is -2.06. The summed E-state index contributed by atoms with van der Waals surface area (Å²) in [6.07, 6.45) is 11.9. The van der Waals surface area contributed by atoms with Gasteiger partial charge in [-0.15, -0.1) is 0 Å². The molecule has 67 heavy (non-hydrogen) atoms. The van der Waals surface area contributed by atoms with Crippen LogP contribution in [0.3, 0.4) is 0 Å². The minimum Gasteiger partial charge on any atom is -0.496 e. The summed E-state index contributed by atoms with van der Waals surface area (Å²) in [7, 11) is 15.3. The minimum absolute atomic E-state index is 0.502. The van der Waals surface area contributed by atoms with Crippen LogP contribution in [0, 0.1) is 0 Å². The Labute approximate surface area is 398 Å². The SMILES string of the molecule is CCOCCCCCCCCCCOc1cc2c(OC)cc1Cc1cc(OC)c(cc1OC)Cc1cc(OC)c(cc1OC)Cc1cc(OC)c(cc1OC)Cc1cc(OC)c(cc1OC)C2. The Balaban J connectivity index is 1.44. The van der Waals surface area contributed by atoms with Crippen molar-refractivity contribution < 1.29 is 52.1 Å². The fraction of sp³-hybridized carbons (Fsp3) is 0.464. The molecule has 5 aromatic carbocycles. The zero-order chi connectivity index (χ0) is 47.7. The van der Waals surface area contributed by atoms with Gasteiger partial charge in [-0.1, -0.05) is 38.5 Å². The van der Waals surface area contributed by atoms with Crippen LogP contribution in [0.5, 0.6) is 57.5 Å². The average molecular weight is 921 g/mol. The molecule has 10 bridgehead atoms. The van der Waals surface area contributed by atoms with Gasteiger partial charge in [0.1, 0.15) is 57.5 Å². The van der Waals surface area contributed by atoms with Crippen LogP contribution < -0.4 is 47.4 Å². The molecule has 11 heteroatoms. The molecule has 0 fully saturated rings. The molecule has 0 atom stereocenters. The van der Waals surface area contributed by atoms with Gasteiger partial charge in [-0.2, -0.15) is 0 Å². The van der Waals surface area contributed by atoms with Crippen molar-refractivity contribution in [3.8, 4) is 57.5 Å². The van der Waals surface area contributed by atoms with E-state index in [4.69, 9.17) is 52.1 Å². The molecule has 15 rings (SSSR count). The van der Waals surface area contributed by atoms with Crippen LogP contribution in [0.2, 0.25) is 0 Å². The van der Waals surface area contributed by atoms with Crippen LogP contribution >= 0.6 is 0 Å². The van der Waals surface area contributed by atoms with Crippen LogP contribution in [-0.4, -0.2) is 83.8 Å². The first kappa shape index (κ1) is 50.5. The quantitative estimate of drug-likeness (QED) is 0.0608. The van der Waals surface area contributed by atoms with E-state index in [1.165, 1.54) is 32.1 Å². The predicted molar refractivity (Wildman–Crippen MR) is 264 cm³/mol. The summed E-state index contributed by atoms with van der Waals surface area (Å²) in [6.45, 7) is 4.30. The van der Waals surface area contributed by atoms with Crippen molar-refractivity contribution in [2.45, 2.75) is 90.4 Å². The van der Waals surface area contributed by atoms with Crippen LogP contribution in [0.25, 0.3) is 0 Å². The zero-order valence-corrected chi connectivity index (χ0v) is 41.6. The average Bonchev–Trinajstić information content (AvgIpc) is 3.35. The van der Waals surface area contributed by atoms with Crippen LogP contribution in [0.15, 0.2) is 60.7 Å². The van der Waals surface area contributed by atoms with Crippen molar-refractivity contribution in [2.24, 2.45) is 0 Å². The molecule has 0 amide bonds. The second-order valence-corrected chi connectivity index (χ2v) is 16.9. The molecule has 0 aliphatic heterocycles. The summed E-state index contributed by atoms with van der Waals surface area (Å²) >= 11 is 0.